The van der Waals surface area contributed by atoms with Gasteiger partial charge in [0.15, 0.2) is 0 Å². The molecule has 2 amide bonds. The highest BCUT2D eigenvalue weighted by atomic mass is 19.1. The van der Waals surface area contributed by atoms with E-state index in [-0.39, 0.29) is 6.54 Å². The van der Waals surface area contributed by atoms with Crippen molar-refractivity contribution in [2.24, 2.45) is 0 Å². The van der Waals surface area contributed by atoms with Gasteiger partial charge in [0.2, 0.25) is 5.91 Å². The van der Waals surface area contributed by atoms with E-state index in [0.717, 1.165) is 0 Å². The zero-order valence-corrected chi connectivity index (χ0v) is 10.2. The Bertz CT molecular complexity index is 528. The van der Waals surface area contributed by atoms with Gasteiger partial charge in [0, 0.05) is 0 Å². The summed E-state index contributed by atoms with van der Waals surface area (Å²) in [7, 11) is 0. The topological polar surface area (TPSA) is 75.4 Å². The van der Waals surface area contributed by atoms with Crippen molar-refractivity contribution in [3.63, 3.8) is 0 Å². The smallest absolute Gasteiger partial charge is 0.251 e. The van der Waals surface area contributed by atoms with Gasteiger partial charge in [-0.15, -0.1) is 0 Å². The Morgan fingerprint density at radius 3 is 2.72 bits per heavy atom. The number of nitrogens with one attached hydrogen (secondary N) is 1. The van der Waals surface area contributed by atoms with E-state index < -0.39 is 23.2 Å². The molecule has 1 aromatic rings. The lowest BCUT2D eigenvalue weighted by molar-refractivity contribution is -0.135. The molecule has 0 saturated carbocycles. The number of carbonyl (C=O) groups excluding carboxylic acids is 2. The van der Waals surface area contributed by atoms with E-state index in [2.05, 4.69) is 5.32 Å². The number of nitrogen functional groups attached to an aromatic ring is 1. The molecule has 0 unspecified atom stereocenters. The van der Waals surface area contributed by atoms with Gasteiger partial charge in [-0.1, -0.05) is 0 Å². The second kappa shape index (κ2) is 3.97. The summed E-state index contributed by atoms with van der Waals surface area (Å²) in [5.41, 5.74) is 5.49. The summed E-state index contributed by atoms with van der Waals surface area (Å²) >= 11 is 0. The van der Waals surface area contributed by atoms with E-state index in [0.29, 0.717) is 11.4 Å². The van der Waals surface area contributed by atoms with Crippen LogP contribution in [0.5, 0.6) is 0 Å². The van der Waals surface area contributed by atoms with Crippen LogP contribution in [0.3, 0.4) is 0 Å². The van der Waals surface area contributed by atoms with Crippen molar-refractivity contribution in [3.05, 3.63) is 24.0 Å². The lowest BCUT2D eigenvalue weighted by Gasteiger charge is -2.42. The first-order chi connectivity index (χ1) is 8.32. The number of benzene rings is 1. The van der Waals surface area contributed by atoms with Crippen molar-refractivity contribution in [1.82, 2.24) is 5.32 Å². The fourth-order valence-electron chi connectivity index (χ4n) is 1.92. The highest BCUT2D eigenvalue weighted by molar-refractivity contribution is 6.07. The van der Waals surface area contributed by atoms with E-state index in [4.69, 9.17) is 5.73 Å². The Balaban J connectivity index is 2.50. The Hall–Kier alpha value is -2.11. The average molecular weight is 251 g/mol. The molecule has 3 N–H and O–H groups in total. The first-order valence-corrected chi connectivity index (χ1v) is 5.49. The molecule has 1 aromatic carbocycles. The number of rotatable bonds is 1. The van der Waals surface area contributed by atoms with E-state index >= 15 is 0 Å². The van der Waals surface area contributed by atoms with Crippen molar-refractivity contribution in [3.8, 4) is 0 Å². The molecule has 0 radical (unpaired) electrons. The third-order valence-corrected chi connectivity index (χ3v) is 3.07. The number of carbonyl (C=O) groups is 2. The predicted molar refractivity (Wildman–Crippen MR) is 65.4 cm³/mol. The molecule has 6 heteroatoms. The van der Waals surface area contributed by atoms with Gasteiger partial charge < -0.3 is 10.6 Å². The molecule has 1 fully saturated rings. The van der Waals surface area contributed by atoms with Gasteiger partial charge in [0.25, 0.3) is 5.91 Å². The van der Waals surface area contributed by atoms with Gasteiger partial charge in [-0.25, -0.2) is 4.39 Å². The maximum atomic E-state index is 13.3. The Labute approximate surface area is 104 Å². The van der Waals surface area contributed by atoms with Crippen LogP contribution in [-0.2, 0) is 9.59 Å². The van der Waals surface area contributed by atoms with Gasteiger partial charge in [-0.3, -0.25) is 14.9 Å². The average Bonchev–Trinajstić information content (AvgIpc) is 2.27. The number of hydrogen-bond donors (Lipinski definition) is 2. The van der Waals surface area contributed by atoms with E-state index in [1.54, 1.807) is 13.8 Å². The van der Waals surface area contributed by atoms with Gasteiger partial charge in [-0.05, 0) is 32.0 Å². The number of halogens is 1. The Morgan fingerprint density at radius 1 is 1.39 bits per heavy atom. The third kappa shape index (κ3) is 1.90. The summed E-state index contributed by atoms with van der Waals surface area (Å²) in [6, 6.07) is 3.87. The zero-order valence-electron chi connectivity index (χ0n) is 10.2. The fraction of sp³-hybridized carbons (Fsp3) is 0.333. The fourth-order valence-corrected chi connectivity index (χ4v) is 1.92. The molecule has 0 aliphatic carbocycles. The van der Waals surface area contributed by atoms with Gasteiger partial charge in [-0.2, -0.15) is 0 Å². The zero-order chi connectivity index (χ0) is 13.5. The number of hydrogen-bond acceptors (Lipinski definition) is 4. The molecule has 5 nitrogen and oxygen atoms in total. The van der Waals surface area contributed by atoms with Crippen molar-refractivity contribution in [2.75, 3.05) is 17.2 Å². The minimum absolute atomic E-state index is 0.0353. The maximum absolute atomic E-state index is 13.3. The number of nitrogens with zero attached hydrogens (tertiary/aromatic N) is 1. The van der Waals surface area contributed by atoms with Crippen LogP contribution in [-0.4, -0.2) is 23.9 Å². The SMILES string of the molecule is CC1(C)C(=O)NC(=O)CN1c1cc(F)ccc1N. The van der Waals surface area contributed by atoms with Gasteiger partial charge >= 0.3 is 0 Å². The summed E-state index contributed by atoms with van der Waals surface area (Å²) in [4.78, 5) is 24.7. The quantitative estimate of drug-likeness (QED) is 0.567. The Kier molecular flexibility index (Phi) is 2.73. The summed E-state index contributed by atoms with van der Waals surface area (Å²) in [5.74, 6) is -1.32. The highest BCUT2D eigenvalue weighted by Crippen LogP contribution is 2.31. The van der Waals surface area contributed by atoms with Crippen LogP contribution in [0.15, 0.2) is 18.2 Å². The largest absolute Gasteiger partial charge is 0.397 e. The standard InChI is InChI=1S/C12H14FN3O2/c1-12(2)11(18)15-10(17)6-16(12)9-5-7(13)3-4-8(9)14/h3-5H,6,14H2,1-2H3,(H,15,17,18). The summed E-state index contributed by atoms with van der Waals surface area (Å²) < 4.78 is 13.3. The molecule has 2 rings (SSSR count). The molecule has 1 aliphatic rings. The molecular formula is C12H14FN3O2. The Morgan fingerprint density at radius 2 is 2.06 bits per heavy atom. The number of amides is 2. The van der Waals surface area contributed by atoms with Crippen LogP contribution in [0, 0.1) is 5.82 Å². The lowest BCUT2D eigenvalue weighted by atomic mass is 9.97. The number of anilines is 2. The molecule has 96 valence electrons. The second-order valence-electron chi connectivity index (χ2n) is 4.73. The van der Waals surface area contributed by atoms with Crippen molar-refractivity contribution < 1.29 is 14.0 Å². The molecule has 0 spiro atoms. The van der Waals surface area contributed by atoms with Gasteiger partial charge in [0.05, 0.1) is 17.9 Å². The second-order valence-corrected chi connectivity index (χ2v) is 4.73. The van der Waals surface area contributed by atoms with Crippen LogP contribution in [0.1, 0.15) is 13.8 Å². The molecule has 0 aromatic heterocycles. The van der Waals surface area contributed by atoms with E-state index in [9.17, 15) is 14.0 Å². The minimum atomic E-state index is -0.962. The van der Waals surface area contributed by atoms with Crippen LogP contribution >= 0.6 is 0 Å². The summed E-state index contributed by atoms with van der Waals surface area (Å²) in [5, 5.41) is 2.25. The molecule has 1 aliphatic heterocycles. The number of imide groups is 1. The number of nitrogens with two attached hydrogens (primary N) is 1. The third-order valence-electron chi connectivity index (χ3n) is 3.07. The normalized spacial score (nSPS) is 18.7. The van der Waals surface area contributed by atoms with Crippen LogP contribution in [0.4, 0.5) is 15.8 Å². The van der Waals surface area contributed by atoms with Crippen LogP contribution in [0.25, 0.3) is 0 Å². The van der Waals surface area contributed by atoms with E-state index in [1.807, 2.05) is 0 Å². The monoisotopic (exact) mass is 251 g/mol. The molecule has 0 bridgehead atoms. The van der Waals surface area contributed by atoms with Crippen molar-refractivity contribution >= 4 is 23.2 Å². The minimum Gasteiger partial charge on any atom is -0.397 e. The molecule has 18 heavy (non-hydrogen) atoms. The molecule has 1 saturated heterocycles. The number of piperazine rings is 1. The van der Waals surface area contributed by atoms with E-state index in [1.165, 1.54) is 23.1 Å². The predicted octanol–water partition coefficient (Wildman–Crippen LogP) is 0.649. The maximum Gasteiger partial charge on any atom is 0.251 e. The highest BCUT2D eigenvalue weighted by Gasteiger charge is 2.41. The van der Waals surface area contributed by atoms with Crippen LogP contribution < -0.4 is 16.0 Å². The van der Waals surface area contributed by atoms with Gasteiger partial charge in [0.1, 0.15) is 11.4 Å². The summed E-state index contributed by atoms with van der Waals surface area (Å²) in [6.07, 6.45) is 0. The first-order valence-electron chi connectivity index (χ1n) is 5.49. The van der Waals surface area contributed by atoms with Crippen LogP contribution in [0.2, 0.25) is 0 Å². The molecule has 0 atom stereocenters. The lowest BCUT2D eigenvalue weighted by Crippen LogP contribution is -2.64. The van der Waals surface area contributed by atoms with Crippen molar-refractivity contribution in [1.29, 1.82) is 0 Å². The summed E-state index contributed by atoms with van der Waals surface area (Å²) in [6.45, 7) is 3.27. The molecular weight excluding hydrogens is 237 g/mol. The molecule has 1 heterocycles. The first kappa shape index (κ1) is 12.3. The van der Waals surface area contributed by atoms with Crippen molar-refractivity contribution in [2.45, 2.75) is 19.4 Å².